The van der Waals surface area contributed by atoms with Crippen molar-refractivity contribution in [2.45, 2.75) is 37.8 Å². The normalized spacial score (nSPS) is 19.6. The lowest BCUT2D eigenvalue weighted by molar-refractivity contribution is -0.148. The molecule has 0 fully saturated rings. The Hall–Kier alpha value is -5.92. The van der Waals surface area contributed by atoms with E-state index in [9.17, 15) is 18.8 Å². The van der Waals surface area contributed by atoms with Crippen molar-refractivity contribution in [1.82, 2.24) is 20.6 Å². The molecule has 4 aromatic rings. The second-order valence-corrected chi connectivity index (χ2v) is 11.4. The molecule has 6 aliphatic heterocycles. The summed E-state index contributed by atoms with van der Waals surface area (Å²) in [5.74, 6) is -1.46. The summed E-state index contributed by atoms with van der Waals surface area (Å²) in [4.78, 5) is 48.7. The lowest BCUT2D eigenvalue weighted by atomic mass is 9.99. The first-order valence-electron chi connectivity index (χ1n) is 15.4. The highest BCUT2D eigenvalue weighted by Gasteiger charge is 2.48. The molecule has 0 spiro atoms. The number of nitrogens with one attached hydrogen (secondary N) is 5. The van der Waals surface area contributed by atoms with E-state index in [-0.39, 0.29) is 29.6 Å². The van der Waals surface area contributed by atoms with Crippen LogP contribution in [0.1, 0.15) is 25.3 Å². The van der Waals surface area contributed by atoms with Crippen LogP contribution in [0.15, 0.2) is 72.9 Å². The fourth-order valence-corrected chi connectivity index (χ4v) is 5.20. The predicted molar refractivity (Wildman–Crippen MR) is 175 cm³/mol. The van der Waals surface area contributed by atoms with Crippen LogP contribution in [-0.4, -0.2) is 59.6 Å². The van der Waals surface area contributed by atoms with E-state index in [0.717, 1.165) is 11.8 Å². The van der Waals surface area contributed by atoms with Gasteiger partial charge in [-0.2, -0.15) is 4.98 Å². The van der Waals surface area contributed by atoms with E-state index in [1.54, 1.807) is 24.3 Å². The summed E-state index contributed by atoms with van der Waals surface area (Å²) in [6.45, 7) is 2.02. The second kappa shape index (κ2) is 13.8. The zero-order chi connectivity index (χ0) is 33.7. The van der Waals surface area contributed by atoms with Gasteiger partial charge in [0.25, 0.3) is 17.4 Å². The average molecular weight is 656 g/mol. The summed E-state index contributed by atoms with van der Waals surface area (Å²) < 4.78 is 32.2. The third kappa shape index (κ3) is 7.07. The predicted octanol–water partition coefficient (Wildman–Crippen LogP) is 4.22. The number of amides is 3. The third-order valence-electron chi connectivity index (χ3n) is 7.87. The van der Waals surface area contributed by atoms with E-state index in [4.69, 9.17) is 14.2 Å². The molecule has 3 amide bonds. The van der Waals surface area contributed by atoms with Gasteiger partial charge in [0.05, 0.1) is 25.6 Å². The van der Waals surface area contributed by atoms with Crippen LogP contribution >= 0.6 is 0 Å². The van der Waals surface area contributed by atoms with Gasteiger partial charge in [0.1, 0.15) is 11.8 Å². The van der Waals surface area contributed by atoms with E-state index in [2.05, 4.69) is 36.6 Å². The quantitative estimate of drug-likeness (QED) is 0.202. The molecule has 0 saturated heterocycles. The largest absolute Gasteiger partial charge is 0.493 e. The van der Waals surface area contributed by atoms with E-state index in [0.29, 0.717) is 48.9 Å². The van der Waals surface area contributed by atoms with Crippen LogP contribution in [0.2, 0.25) is 0 Å². The van der Waals surface area contributed by atoms with Crippen molar-refractivity contribution in [2.24, 2.45) is 0 Å². The van der Waals surface area contributed by atoms with Crippen LogP contribution < -0.4 is 40.8 Å². The topological polar surface area (TPSA) is 165 Å². The Morgan fingerprint density at radius 1 is 0.938 bits per heavy atom. The van der Waals surface area contributed by atoms with Gasteiger partial charge in [-0.25, -0.2) is 9.37 Å². The molecule has 0 unspecified atom stereocenters. The van der Waals surface area contributed by atoms with E-state index < -0.39 is 35.2 Å². The Labute approximate surface area is 275 Å². The first kappa shape index (κ1) is 32.0. The van der Waals surface area contributed by atoms with E-state index in [1.165, 1.54) is 26.2 Å². The van der Waals surface area contributed by atoms with Crippen molar-refractivity contribution in [2.75, 3.05) is 36.2 Å². The Morgan fingerprint density at radius 2 is 1.71 bits per heavy atom. The van der Waals surface area contributed by atoms with Crippen molar-refractivity contribution >= 4 is 46.5 Å². The smallest absolute Gasteiger partial charge is 0.278 e. The molecule has 248 valence electrons. The van der Waals surface area contributed by atoms with Gasteiger partial charge in [-0.05, 0) is 55.7 Å². The number of anilines is 5. The molecule has 0 saturated carbocycles. The molecule has 5 N–H and O–H groups in total. The molecule has 10 rings (SSSR count). The van der Waals surface area contributed by atoms with Gasteiger partial charge in [-0.15, -0.1) is 0 Å². The zero-order valence-corrected chi connectivity index (χ0v) is 26.3. The molecule has 6 aliphatic rings. The highest BCUT2D eigenvalue weighted by Crippen LogP contribution is 2.37. The summed E-state index contributed by atoms with van der Waals surface area (Å²) in [6, 6.07) is 18.1. The fraction of sp³-hybridized carbons (Fsp3) is 0.265. The van der Waals surface area contributed by atoms with Gasteiger partial charge >= 0.3 is 0 Å². The zero-order valence-electron chi connectivity index (χ0n) is 26.3. The van der Waals surface area contributed by atoms with Crippen LogP contribution in [0.5, 0.6) is 17.2 Å². The summed E-state index contributed by atoms with van der Waals surface area (Å²) in [7, 11) is 1.52. The molecule has 8 bridgehead atoms. The van der Waals surface area contributed by atoms with Crippen LogP contribution in [0.4, 0.5) is 33.2 Å². The summed E-state index contributed by atoms with van der Waals surface area (Å²) in [5.41, 5.74) is 0.0408. The fourth-order valence-electron chi connectivity index (χ4n) is 5.20. The Bertz CT molecular complexity index is 1840. The molecule has 3 aromatic carbocycles. The van der Waals surface area contributed by atoms with Gasteiger partial charge < -0.3 is 40.8 Å². The minimum absolute atomic E-state index is 0.115. The lowest BCUT2D eigenvalue weighted by Crippen LogP contribution is -2.62. The molecule has 2 atom stereocenters. The maximum absolute atomic E-state index is 14.8. The third-order valence-corrected chi connectivity index (χ3v) is 7.87. The van der Waals surface area contributed by atoms with Crippen molar-refractivity contribution in [3.63, 3.8) is 0 Å². The molecular weight excluding hydrogens is 621 g/mol. The number of halogens is 1. The Morgan fingerprint density at radius 3 is 2.50 bits per heavy atom. The van der Waals surface area contributed by atoms with Crippen molar-refractivity contribution in [3.05, 3.63) is 84.3 Å². The van der Waals surface area contributed by atoms with Crippen molar-refractivity contribution in [1.29, 1.82) is 0 Å². The number of methoxy groups -OCH3 is 1. The minimum atomic E-state index is -1.99. The minimum Gasteiger partial charge on any atom is -0.493 e. The summed E-state index contributed by atoms with van der Waals surface area (Å²) >= 11 is 0. The standard InChI is InChI=1S/C34H34FN7O6/c1-34-31(44)40-24-17-21(10-12-26(24)48-34)38-29-23(35)19-37-33(42-29)39-22-11-13-27(28(18-22)46-2)47-15-7-6-14-36-30(43)25(41-32(34)45)16-20-8-4-3-5-9-20/h3-5,8-13,17-19,25H,6-7,14-16H2,1-2H3,(H,36,43)(H,40,44)(H,41,45)(H2,37,38,39,42)/t25-,34-/m1/s1. The number of hydrogen-bond acceptors (Lipinski definition) is 10. The second-order valence-electron chi connectivity index (χ2n) is 11.4. The Balaban J connectivity index is 1.30. The van der Waals surface area contributed by atoms with Crippen LogP contribution in [-0.2, 0) is 20.8 Å². The average Bonchev–Trinajstić information content (AvgIpc) is 3.08. The molecule has 13 nitrogen and oxygen atoms in total. The Kier molecular flexibility index (Phi) is 9.23. The molecule has 48 heavy (non-hydrogen) atoms. The molecular formula is C34H34FN7O6. The summed E-state index contributed by atoms with van der Waals surface area (Å²) in [6.07, 6.45) is 2.43. The van der Waals surface area contributed by atoms with Crippen LogP contribution in [0, 0.1) is 5.82 Å². The first-order chi connectivity index (χ1) is 23.2. The number of benzene rings is 3. The van der Waals surface area contributed by atoms with Crippen molar-refractivity contribution < 1.29 is 33.0 Å². The summed E-state index contributed by atoms with van der Waals surface area (Å²) in [5, 5.41) is 14.3. The van der Waals surface area contributed by atoms with Crippen molar-refractivity contribution in [3.8, 4) is 17.2 Å². The van der Waals surface area contributed by atoms with Crippen LogP contribution in [0.25, 0.3) is 0 Å². The van der Waals surface area contributed by atoms with E-state index >= 15 is 0 Å². The van der Waals surface area contributed by atoms with Gasteiger partial charge in [0.15, 0.2) is 23.1 Å². The van der Waals surface area contributed by atoms with E-state index in [1.807, 2.05) is 30.3 Å². The number of nitrogens with zero attached hydrogens (tertiary/aromatic N) is 2. The highest BCUT2D eigenvalue weighted by molar-refractivity contribution is 6.16. The SMILES string of the molecule is COc1cc2ccc1OCCCCNC(=O)[C@@H](Cc1ccccc1)NC(=O)[C@]1(C)Oc3ccc(cc3NC1=O)Nc1nc(ncc1F)N2. The van der Waals surface area contributed by atoms with Crippen LogP contribution in [0.3, 0.4) is 0 Å². The number of rotatable bonds is 3. The number of carbonyl (C=O) groups is 3. The molecule has 7 heterocycles. The molecule has 0 radical (unpaired) electrons. The number of hydrogen-bond donors (Lipinski definition) is 5. The molecule has 1 aromatic heterocycles. The number of aromatic nitrogens is 2. The number of carbonyl (C=O) groups excluding carboxylic acids is 3. The van der Waals surface area contributed by atoms with Gasteiger partial charge in [0.2, 0.25) is 11.9 Å². The van der Waals surface area contributed by atoms with Gasteiger partial charge in [-0.1, -0.05) is 30.3 Å². The molecule has 0 aliphatic carbocycles. The first-order valence-corrected chi connectivity index (χ1v) is 15.4. The maximum atomic E-state index is 14.8. The maximum Gasteiger partial charge on any atom is 0.278 e. The lowest BCUT2D eigenvalue weighted by Gasteiger charge is -2.34. The van der Waals surface area contributed by atoms with Gasteiger partial charge in [0, 0.05) is 30.4 Å². The monoisotopic (exact) mass is 655 g/mol. The highest BCUT2D eigenvalue weighted by atomic mass is 19.1. The number of ether oxygens (including phenoxy) is 3. The molecule has 14 heteroatoms. The van der Waals surface area contributed by atoms with Gasteiger partial charge in [-0.3, -0.25) is 14.4 Å².